The van der Waals surface area contributed by atoms with E-state index in [4.69, 9.17) is 14.2 Å². The third kappa shape index (κ3) is 1.70. The molecule has 1 aromatic carbocycles. The number of fused-ring (bicyclic) bond motifs is 3. The van der Waals surface area contributed by atoms with E-state index < -0.39 is 28.8 Å². The van der Waals surface area contributed by atoms with E-state index in [1.807, 2.05) is 13.1 Å². The van der Waals surface area contributed by atoms with Crippen LogP contribution in [-0.2, 0) is 29.2 Å². The average Bonchev–Trinajstić information content (AvgIpc) is 3.41. The monoisotopic (exact) mass is 426 g/mol. The van der Waals surface area contributed by atoms with Crippen molar-refractivity contribution in [3.8, 4) is 0 Å². The first-order valence-corrected chi connectivity index (χ1v) is 11.4. The van der Waals surface area contributed by atoms with Gasteiger partial charge in [-0.1, -0.05) is 25.1 Å². The summed E-state index contributed by atoms with van der Waals surface area (Å²) >= 11 is 0. The first kappa shape index (κ1) is 19.6. The molecule has 5 heterocycles. The van der Waals surface area contributed by atoms with Gasteiger partial charge in [-0.25, -0.2) is 4.79 Å². The Balaban J connectivity index is 1.73. The summed E-state index contributed by atoms with van der Waals surface area (Å²) in [6, 6.07) is 8.16. The minimum atomic E-state index is -1.37. The van der Waals surface area contributed by atoms with E-state index in [1.165, 1.54) is 19.6 Å². The lowest BCUT2D eigenvalue weighted by molar-refractivity contribution is -0.211. The Morgan fingerprint density at radius 3 is 2.71 bits per heavy atom. The molecule has 0 amide bonds. The number of carbonyl (C=O) groups excluding carboxylic acids is 2. The summed E-state index contributed by atoms with van der Waals surface area (Å²) in [5, 5.41) is 0. The van der Waals surface area contributed by atoms with Crippen LogP contribution in [0.1, 0.15) is 45.1 Å². The molecule has 0 radical (unpaired) electrons. The lowest BCUT2D eigenvalue weighted by atomic mass is 9.48. The summed E-state index contributed by atoms with van der Waals surface area (Å²) < 4.78 is 18.6. The van der Waals surface area contributed by atoms with Gasteiger partial charge in [0.05, 0.1) is 24.0 Å². The highest BCUT2D eigenvalue weighted by molar-refractivity contribution is 5.89. The van der Waals surface area contributed by atoms with E-state index in [-0.39, 0.29) is 17.4 Å². The molecular formula is C24H30N2O5. The van der Waals surface area contributed by atoms with Gasteiger partial charge in [0, 0.05) is 32.7 Å². The number of anilines is 1. The summed E-state index contributed by atoms with van der Waals surface area (Å²) in [5.74, 6) is -0.818. The predicted molar refractivity (Wildman–Crippen MR) is 113 cm³/mol. The first-order chi connectivity index (χ1) is 14.9. The summed E-state index contributed by atoms with van der Waals surface area (Å²) in [6.07, 6.45) is 2.83. The molecule has 2 bridgehead atoms. The number of ether oxygens (including phenoxy) is 3. The Kier molecular flexibility index (Phi) is 3.67. The molecule has 5 aliphatic heterocycles. The molecule has 0 aliphatic carbocycles. The fourth-order valence-electron chi connectivity index (χ4n) is 8.63. The number of hydrogen-bond acceptors (Lipinski definition) is 7. The number of nitrogens with zero attached hydrogens (tertiary/aromatic N) is 2. The lowest BCUT2D eigenvalue weighted by Crippen LogP contribution is -2.76. The Bertz CT molecular complexity index is 998. The van der Waals surface area contributed by atoms with Crippen LogP contribution in [0.15, 0.2) is 24.3 Å². The van der Waals surface area contributed by atoms with Gasteiger partial charge in [0.25, 0.3) is 0 Å². The molecule has 0 unspecified atom stereocenters. The molecular weight excluding hydrogens is 396 g/mol. The van der Waals surface area contributed by atoms with Crippen LogP contribution in [0.25, 0.3) is 0 Å². The average molecular weight is 427 g/mol. The van der Waals surface area contributed by atoms with Crippen molar-refractivity contribution in [2.75, 3.05) is 32.1 Å². The Morgan fingerprint density at radius 1 is 1.23 bits per heavy atom. The number of rotatable bonds is 3. The quantitative estimate of drug-likeness (QED) is 0.687. The highest BCUT2D eigenvalue weighted by atomic mass is 16.6. The first-order valence-electron chi connectivity index (χ1n) is 11.4. The Morgan fingerprint density at radius 2 is 2.00 bits per heavy atom. The number of hydrogen-bond donors (Lipinski definition) is 0. The predicted octanol–water partition coefficient (Wildman–Crippen LogP) is 2.22. The molecule has 166 valence electrons. The number of methoxy groups -OCH3 is 1. The van der Waals surface area contributed by atoms with Gasteiger partial charge >= 0.3 is 11.9 Å². The Hall–Kier alpha value is -2.12. The van der Waals surface area contributed by atoms with Crippen LogP contribution in [0.2, 0.25) is 0 Å². The van der Waals surface area contributed by atoms with Gasteiger partial charge < -0.3 is 19.1 Å². The topological polar surface area (TPSA) is 68.3 Å². The van der Waals surface area contributed by atoms with Gasteiger partial charge in [0.2, 0.25) is 5.60 Å². The maximum atomic E-state index is 13.7. The van der Waals surface area contributed by atoms with Crippen LogP contribution in [0.3, 0.4) is 0 Å². The van der Waals surface area contributed by atoms with E-state index in [1.54, 1.807) is 0 Å². The van der Waals surface area contributed by atoms with Gasteiger partial charge in [-0.05, 0) is 37.3 Å². The minimum absolute atomic E-state index is 0.294. The van der Waals surface area contributed by atoms with E-state index in [9.17, 15) is 9.59 Å². The van der Waals surface area contributed by atoms with Crippen molar-refractivity contribution < 1.29 is 23.8 Å². The molecule has 0 aromatic heterocycles. The maximum Gasteiger partial charge on any atom is 0.344 e. The number of esters is 2. The fraction of sp³-hybridized carbons (Fsp3) is 0.667. The van der Waals surface area contributed by atoms with Crippen LogP contribution in [-0.4, -0.2) is 67.6 Å². The zero-order valence-corrected chi connectivity index (χ0v) is 18.6. The summed E-state index contributed by atoms with van der Waals surface area (Å²) in [5.41, 5.74) is -0.545. The summed E-state index contributed by atoms with van der Waals surface area (Å²) in [4.78, 5) is 30.7. The van der Waals surface area contributed by atoms with Crippen molar-refractivity contribution in [3.63, 3.8) is 0 Å². The zero-order chi connectivity index (χ0) is 21.8. The fourth-order valence-corrected chi connectivity index (χ4v) is 8.63. The molecule has 5 aliphatic rings. The third-order valence-corrected chi connectivity index (χ3v) is 9.20. The second-order valence-corrected chi connectivity index (χ2v) is 9.87. The van der Waals surface area contributed by atoms with Crippen LogP contribution < -0.4 is 4.90 Å². The maximum absolute atomic E-state index is 13.7. The molecule has 31 heavy (non-hydrogen) atoms. The SMILES string of the molecule is CC[C@@]12CCCN3CC[C@]45c6ccccc6N(C)[C@H]4[C@](C(=O)OC)(O[C@@]315)[C@H]2OC(C)=O. The van der Waals surface area contributed by atoms with E-state index in [0.29, 0.717) is 0 Å². The zero-order valence-electron chi connectivity index (χ0n) is 18.6. The van der Waals surface area contributed by atoms with Gasteiger partial charge in [-0.3, -0.25) is 9.69 Å². The standard InChI is InChI=1S/C24H30N2O5/c1-5-21-11-8-13-26-14-12-22-16-9-6-7-10-17(16)25(3)18(22)23(20(28)29-4,31-24(21,22)26)19(21)30-15(2)27/h6-7,9-10,18-19H,5,8,11-14H2,1-4H3/t18-,19+,21+,22+,23+,24+/m1/s1. The Labute approximate surface area is 182 Å². The highest BCUT2D eigenvalue weighted by Crippen LogP contribution is 2.79. The molecule has 4 fully saturated rings. The molecule has 4 saturated heterocycles. The van der Waals surface area contributed by atoms with Gasteiger partial charge in [0.1, 0.15) is 5.72 Å². The number of likely N-dealkylation sites (N-methyl/N-ethyl adjacent to an activating group) is 1. The van der Waals surface area contributed by atoms with Crippen molar-refractivity contribution in [1.82, 2.24) is 4.90 Å². The van der Waals surface area contributed by atoms with Crippen molar-refractivity contribution in [1.29, 1.82) is 0 Å². The summed E-state index contributed by atoms with van der Waals surface area (Å²) in [7, 11) is 3.44. The molecule has 1 aromatic rings. The third-order valence-electron chi connectivity index (χ3n) is 9.20. The van der Waals surface area contributed by atoms with Crippen molar-refractivity contribution in [2.45, 2.75) is 68.4 Å². The molecule has 0 N–H and O–H groups in total. The number of piperidine rings is 1. The molecule has 7 heteroatoms. The van der Waals surface area contributed by atoms with Crippen LogP contribution >= 0.6 is 0 Å². The molecule has 0 saturated carbocycles. The van der Waals surface area contributed by atoms with Crippen molar-refractivity contribution in [3.05, 3.63) is 29.8 Å². The van der Waals surface area contributed by atoms with Crippen LogP contribution in [0.5, 0.6) is 0 Å². The van der Waals surface area contributed by atoms with Crippen molar-refractivity contribution in [2.24, 2.45) is 5.41 Å². The second kappa shape index (κ2) is 5.81. The van der Waals surface area contributed by atoms with Gasteiger partial charge in [-0.15, -0.1) is 0 Å². The normalized spacial score (nSPS) is 44.1. The van der Waals surface area contributed by atoms with Crippen LogP contribution in [0.4, 0.5) is 5.69 Å². The van der Waals surface area contributed by atoms with Gasteiger partial charge in [0.15, 0.2) is 6.10 Å². The van der Waals surface area contributed by atoms with E-state index >= 15 is 0 Å². The molecule has 6 rings (SSSR count). The largest absolute Gasteiger partial charge is 0.467 e. The minimum Gasteiger partial charge on any atom is -0.467 e. The second-order valence-electron chi connectivity index (χ2n) is 9.87. The molecule has 7 nitrogen and oxygen atoms in total. The molecule has 2 spiro atoms. The number of benzene rings is 1. The smallest absolute Gasteiger partial charge is 0.344 e. The van der Waals surface area contributed by atoms with E-state index in [2.05, 4.69) is 34.9 Å². The summed E-state index contributed by atoms with van der Waals surface area (Å²) in [6.45, 7) is 5.40. The number of carbonyl (C=O) groups is 2. The van der Waals surface area contributed by atoms with E-state index in [0.717, 1.165) is 44.5 Å². The van der Waals surface area contributed by atoms with Crippen molar-refractivity contribution >= 4 is 17.6 Å². The highest BCUT2D eigenvalue weighted by Gasteiger charge is 2.95. The molecule has 6 atom stereocenters. The number of para-hydroxylation sites is 1. The van der Waals surface area contributed by atoms with Gasteiger partial charge in [-0.2, -0.15) is 0 Å². The lowest BCUT2D eigenvalue weighted by Gasteiger charge is -2.60. The van der Waals surface area contributed by atoms with Crippen LogP contribution in [0, 0.1) is 5.41 Å².